The summed E-state index contributed by atoms with van der Waals surface area (Å²) in [5.41, 5.74) is 3.45. The highest BCUT2D eigenvalue weighted by atomic mass is 28.4. The standard InChI is InChI=1S/C37H57BO6Si/c1-37(2,3)45(4,5)44-35-24-29-23-33-28(14-11-16-34(33)40)22-32(29)31(35)18-17-30(42-21-20-39)15-9-10-19-38-25-36(41)43-26-27-12-7-6-8-13-27/h6-8,11-14,16,29-32,35,38-40H,9-10,15,17-26H2,1-5H3/t29-,30-,31+,32-,35?/m0/s1. The zero-order chi connectivity index (χ0) is 32.5. The van der Waals surface area contributed by atoms with Crippen LogP contribution in [0.1, 0.15) is 76.0 Å². The average Bonchev–Trinajstić information content (AvgIpc) is 3.32. The smallest absolute Gasteiger partial charge is 0.298 e. The second-order valence-electron chi connectivity index (χ2n) is 15.0. The predicted octanol–water partition coefficient (Wildman–Crippen LogP) is 7.48. The summed E-state index contributed by atoms with van der Waals surface area (Å²) in [5.74, 6) is 1.85. The molecule has 45 heavy (non-hydrogen) atoms. The van der Waals surface area contributed by atoms with Crippen LogP contribution in [0.2, 0.25) is 30.8 Å². The van der Waals surface area contributed by atoms with Crippen LogP contribution in [0.15, 0.2) is 48.5 Å². The third-order valence-corrected chi connectivity index (χ3v) is 15.3. The molecule has 2 N–H and O–H groups in total. The SMILES string of the molecule is CC(C)(C)[Si](C)(C)OC1C[C@@H]2Cc3c(O)cccc3C[C@@H]2[C@H]1CC[C@H](CCCCBCC(=O)OCc1ccccc1)OCCO. The Hall–Kier alpha value is -2.13. The Morgan fingerprint density at radius 3 is 2.56 bits per heavy atom. The van der Waals surface area contributed by atoms with Crippen LogP contribution in [-0.2, 0) is 38.1 Å². The lowest BCUT2D eigenvalue weighted by Gasteiger charge is -2.40. The molecule has 0 aromatic heterocycles. The zero-order valence-corrected chi connectivity index (χ0v) is 29.4. The largest absolute Gasteiger partial charge is 0.508 e. The van der Waals surface area contributed by atoms with Crippen molar-refractivity contribution in [1.82, 2.24) is 0 Å². The van der Waals surface area contributed by atoms with Crippen molar-refractivity contribution in [3.63, 3.8) is 0 Å². The highest BCUT2D eigenvalue weighted by Crippen LogP contribution is 2.51. The van der Waals surface area contributed by atoms with Crippen LogP contribution >= 0.6 is 0 Å². The number of carbonyl (C=O) groups excluding carboxylic acids is 1. The third kappa shape index (κ3) is 10.2. The van der Waals surface area contributed by atoms with Gasteiger partial charge in [-0.25, -0.2) is 0 Å². The number of unbranched alkanes of at least 4 members (excludes halogenated alkanes) is 1. The Balaban J connectivity index is 1.29. The Morgan fingerprint density at radius 1 is 1.04 bits per heavy atom. The fourth-order valence-electron chi connectivity index (χ4n) is 7.19. The van der Waals surface area contributed by atoms with Crippen LogP contribution in [0.4, 0.5) is 0 Å². The molecule has 0 spiro atoms. The van der Waals surface area contributed by atoms with Crippen molar-refractivity contribution in [2.75, 3.05) is 13.2 Å². The molecule has 2 aromatic rings. The number of phenolic OH excluding ortho intramolecular Hbond substituents is 1. The van der Waals surface area contributed by atoms with E-state index in [1.54, 1.807) is 0 Å². The van der Waals surface area contributed by atoms with E-state index in [9.17, 15) is 15.0 Å². The minimum absolute atomic E-state index is 0.0348. The molecule has 0 bridgehead atoms. The molecule has 0 saturated heterocycles. The monoisotopic (exact) mass is 636 g/mol. The van der Waals surface area contributed by atoms with Crippen LogP contribution < -0.4 is 0 Å². The van der Waals surface area contributed by atoms with Gasteiger partial charge in [-0.15, -0.1) is 0 Å². The van der Waals surface area contributed by atoms with Gasteiger partial charge in [0, 0.05) is 12.4 Å². The maximum absolute atomic E-state index is 12.2. The first-order chi connectivity index (χ1) is 21.5. The Kier molecular flexibility index (Phi) is 13.2. The molecule has 4 rings (SSSR count). The Morgan fingerprint density at radius 2 is 1.82 bits per heavy atom. The normalized spacial score (nSPS) is 22.0. The predicted molar refractivity (Wildman–Crippen MR) is 186 cm³/mol. The Bertz CT molecular complexity index is 1200. The molecule has 248 valence electrons. The quantitative estimate of drug-likeness (QED) is 0.106. The van der Waals surface area contributed by atoms with Crippen LogP contribution in [0.25, 0.3) is 0 Å². The summed E-state index contributed by atoms with van der Waals surface area (Å²) in [6.45, 7) is 12.4. The summed E-state index contributed by atoms with van der Waals surface area (Å²) in [6, 6.07) is 15.8. The van der Waals surface area contributed by atoms with E-state index in [0.717, 1.165) is 76.1 Å². The van der Waals surface area contributed by atoms with Crippen molar-refractivity contribution in [2.24, 2.45) is 17.8 Å². The van der Waals surface area contributed by atoms with Gasteiger partial charge >= 0.3 is 0 Å². The fourth-order valence-corrected chi connectivity index (χ4v) is 8.58. The zero-order valence-electron chi connectivity index (χ0n) is 28.4. The summed E-state index contributed by atoms with van der Waals surface area (Å²) >= 11 is 0. The van der Waals surface area contributed by atoms with Gasteiger partial charge in [-0.3, -0.25) is 4.79 Å². The van der Waals surface area contributed by atoms with Gasteiger partial charge in [-0.2, -0.15) is 0 Å². The van der Waals surface area contributed by atoms with Gasteiger partial charge in [-0.1, -0.05) is 82.4 Å². The van der Waals surface area contributed by atoms with Gasteiger partial charge in [0.2, 0.25) is 0 Å². The van der Waals surface area contributed by atoms with E-state index < -0.39 is 8.32 Å². The first-order valence-corrected chi connectivity index (χ1v) is 20.3. The molecule has 0 amide bonds. The summed E-state index contributed by atoms with van der Waals surface area (Å²) in [7, 11) is -1.12. The maximum Gasteiger partial charge on any atom is 0.298 e. The van der Waals surface area contributed by atoms with Crippen LogP contribution in [0, 0.1) is 17.8 Å². The van der Waals surface area contributed by atoms with Crippen molar-refractivity contribution in [1.29, 1.82) is 0 Å². The molecular weight excluding hydrogens is 579 g/mol. The lowest BCUT2D eigenvalue weighted by atomic mass is 9.69. The number of benzene rings is 2. The van der Waals surface area contributed by atoms with Gasteiger partial charge in [0.25, 0.3) is 5.97 Å². The number of carbonyl (C=O) groups is 1. The summed E-state index contributed by atoms with van der Waals surface area (Å²) in [5, 5.41) is 20.3. The van der Waals surface area contributed by atoms with E-state index in [0.29, 0.717) is 43.0 Å². The number of hydrogen-bond donors (Lipinski definition) is 2. The molecule has 2 aromatic carbocycles. The van der Waals surface area contributed by atoms with Gasteiger partial charge in [-0.05, 0) is 97.2 Å². The second kappa shape index (κ2) is 16.6. The number of aromatic hydroxyl groups is 1. The molecule has 0 radical (unpaired) electrons. The van der Waals surface area contributed by atoms with Crippen molar-refractivity contribution in [3.05, 3.63) is 65.2 Å². The maximum atomic E-state index is 12.2. The third-order valence-electron chi connectivity index (χ3n) is 10.8. The van der Waals surface area contributed by atoms with E-state index >= 15 is 0 Å². The fraction of sp³-hybridized carbons (Fsp3) is 0.649. The number of aliphatic hydroxyl groups excluding tert-OH is 1. The van der Waals surface area contributed by atoms with Crippen molar-refractivity contribution in [2.45, 2.75) is 122 Å². The highest BCUT2D eigenvalue weighted by Gasteiger charge is 2.49. The molecule has 1 saturated carbocycles. The number of aliphatic hydroxyl groups is 1. The average molecular weight is 637 g/mol. The van der Waals surface area contributed by atoms with Crippen LogP contribution in [-0.4, -0.2) is 57.2 Å². The molecule has 1 unspecified atom stereocenters. The minimum Gasteiger partial charge on any atom is -0.508 e. The summed E-state index contributed by atoms with van der Waals surface area (Å²) in [6.07, 6.45) is 9.87. The molecule has 0 aliphatic heterocycles. The molecule has 5 atom stereocenters. The summed E-state index contributed by atoms with van der Waals surface area (Å²) in [4.78, 5) is 12.2. The first-order valence-electron chi connectivity index (χ1n) is 17.4. The number of ether oxygens (including phenoxy) is 2. The molecular formula is C37H57BO6Si. The van der Waals surface area contributed by atoms with E-state index in [1.165, 1.54) is 5.56 Å². The summed E-state index contributed by atoms with van der Waals surface area (Å²) < 4.78 is 18.7. The van der Waals surface area contributed by atoms with Gasteiger partial charge in [0.05, 0.1) is 19.3 Å². The van der Waals surface area contributed by atoms with E-state index in [-0.39, 0.29) is 29.8 Å². The molecule has 2 aliphatic carbocycles. The molecule has 0 heterocycles. The minimum atomic E-state index is -1.96. The van der Waals surface area contributed by atoms with Crippen molar-refractivity contribution in [3.8, 4) is 5.75 Å². The first kappa shape index (κ1) is 35.7. The van der Waals surface area contributed by atoms with Crippen molar-refractivity contribution < 1.29 is 28.9 Å². The second-order valence-corrected chi connectivity index (χ2v) is 19.7. The lowest BCUT2D eigenvalue weighted by molar-refractivity contribution is -0.142. The number of esters is 1. The van der Waals surface area contributed by atoms with E-state index in [1.807, 2.05) is 42.5 Å². The number of fused-ring (bicyclic) bond motifs is 2. The van der Waals surface area contributed by atoms with Crippen LogP contribution in [0.3, 0.4) is 0 Å². The Labute approximate surface area is 273 Å². The lowest BCUT2D eigenvalue weighted by Crippen LogP contribution is -2.45. The van der Waals surface area contributed by atoms with Crippen LogP contribution in [0.5, 0.6) is 5.75 Å². The van der Waals surface area contributed by atoms with Gasteiger partial charge in [0.15, 0.2) is 8.32 Å². The van der Waals surface area contributed by atoms with E-state index in [4.69, 9.17) is 13.9 Å². The van der Waals surface area contributed by atoms with E-state index in [2.05, 4.69) is 39.9 Å². The van der Waals surface area contributed by atoms with Gasteiger partial charge in [0.1, 0.15) is 19.6 Å². The molecule has 1 fully saturated rings. The molecule has 6 nitrogen and oxygen atoms in total. The number of phenols is 1. The van der Waals surface area contributed by atoms with Gasteiger partial charge < -0.3 is 24.1 Å². The highest BCUT2D eigenvalue weighted by molar-refractivity contribution is 6.74. The molecule has 8 heteroatoms. The number of rotatable bonds is 17. The molecule has 2 aliphatic rings. The topological polar surface area (TPSA) is 85.2 Å². The number of hydrogen-bond acceptors (Lipinski definition) is 6. The van der Waals surface area contributed by atoms with Crippen molar-refractivity contribution >= 4 is 21.6 Å².